The molecule has 0 amide bonds. The Balaban J connectivity index is 1.92. The second-order valence-electron chi connectivity index (χ2n) is 4.17. The molecular formula is C12H17N3O3. The maximum absolute atomic E-state index is 8.59. The second kappa shape index (κ2) is 6.20. The molecule has 1 aromatic rings. The Labute approximate surface area is 105 Å². The first-order chi connectivity index (χ1) is 8.79. The van der Waals surface area contributed by atoms with E-state index < -0.39 is 0 Å². The van der Waals surface area contributed by atoms with E-state index in [4.69, 9.17) is 20.4 Å². The molecule has 1 aromatic heterocycles. The topological polar surface area (TPSA) is 90.0 Å². The van der Waals surface area contributed by atoms with E-state index in [1.54, 1.807) is 18.3 Å². The molecule has 2 rings (SSSR count). The first-order valence-electron chi connectivity index (χ1n) is 5.98. The number of nitrogens with two attached hydrogens (primary N) is 1. The maximum atomic E-state index is 8.59. The van der Waals surface area contributed by atoms with Crippen LogP contribution in [0.25, 0.3) is 0 Å². The minimum absolute atomic E-state index is 0.0381. The zero-order valence-electron chi connectivity index (χ0n) is 10.1. The van der Waals surface area contributed by atoms with Gasteiger partial charge in [-0.05, 0) is 25.3 Å². The van der Waals surface area contributed by atoms with E-state index in [0.717, 1.165) is 19.4 Å². The molecule has 6 heteroatoms. The van der Waals surface area contributed by atoms with Gasteiger partial charge in [0.2, 0.25) is 5.88 Å². The van der Waals surface area contributed by atoms with Crippen molar-refractivity contribution in [1.29, 1.82) is 0 Å². The van der Waals surface area contributed by atoms with Crippen molar-refractivity contribution in [3.8, 4) is 5.88 Å². The first-order valence-corrected chi connectivity index (χ1v) is 5.98. The fourth-order valence-electron chi connectivity index (χ4n) is 1.82. The quantitative estimate of drug-likeness (QED) is 0.362. The molecule has 18 heavy (non-hydrogen) atoms. The smallest absolute Gasteiger partial charge is 0.213 e. The molecule has 0 aliphatic carbocycles. The molecule has 0 saturated carbocycles. The van der Waals surface area contributed by atoms with Crippen molar-refractivity contribution < 1.29 is 14.7 Å². The van der Waals surface area contributed by atoms with Gasteiger partial charge in [0.25, 0.3) is 0 Å². The van der Waals surface area contributed by atoms with Gasteiger partial charge in [0.15, 0.2) is 5.84 Å². The van der Waals surface area contributed by atoms with Crippen molar-refractivity contribution in [3.05, 3.63) is 23.9 Å². The summed E-state index contributed by atoms with van der Waals surface area (Å²) in [4.78, 5) is 4.07. The van der Waals surface area contributed by atoms with E-state index in [1.165, 1.54) is 6.42 Å². The van der Waals surface area contributed by atoms with Crippen molar-refractivity contribution in [3.63, 3.8) is 0 Å². The highest BCUT2D eigenvalue weighted by Crippen LogP contribution is 2.15. The molecule has 1 saturated heterocycles. The summed E-state index contributed by atoms with van der Waals surface area (Å²) in [7, 11) is 0. The van der Waals surface area contributed by atoms with Gasteiger partial charge in [-0.1, -0.05) is 5.16 Å². The molecule has 3 N–H and O–H groups in total. The largest absolute Gasteiger partial charge is 0.475 e. The summed E-state index contributed by atoms with van der Waals surface area (Å²) >= 11 is 0. The van der Waals surface area contributed by atoms with Gasteiger partial charge in [0.1, 0.15) is 6.61 Å². The zero-order chi connectivity index (χ0) is 12.8. The number of amidine groups is 1. The van der Waals surface area contributed by atoms with E-state index in [2.05, 4.69) is 10.1 Å². The van der Waals surface area contributed by atoms with Crippen LogP contribution in [0.1, 0.15) is 24.8 Å². The fourth-order valence-corrected chi connectivity index (χ4v) is 1.82. The van der Waals surface area contributed by atoms with Crippen molar-refractivity contribution in [1.82, 2.24) is 4.98 Å². The van der Waals surface area contributed by atoms with Crippen molar-refractivity contribution >= 4 is 5.84 Å². The molecule has 0 radical (unpaired) electrons. The Bertz CT molecular complexity index is 417. The van der Waals surface area contributed by atoms with Crippen LogP contribution < -0.4 is 10.5 Å². The van der Waals surface area contributed by atoms with Gasteiger partial charge >= 0.3 is 0 Å². The fraction of sp³-hybridized carbons (Fsp3) is 0.500. The van der Waals surface area contributed by atoms with Crippen LogP contribution in [0.15, 0.2) is 23.5 Å². The molecule has 1 aliphatic rings. The molecule has 1 fully saturated rings. The lowest BCUT2D eigenvalue weighted by atomic mass is 10.1. The molecule has 0 spiro atoms. The van der Waals surface area contributed by atoms with Gasteiger partial charge < -0.3 is 20.4 Å². The van der Waals surface area contributed by atoms with Crippen LogP contribution in [0, 0.1) is 0 Å². The predicted molar refractivity (Wildman–Crippen MR) is 65.8 cm³/mol. The van der Waals surface area contributed by atoms with E-state index in [-0.39, 0.29) is 11.9 Å². The van der Waals surface area contributed by atoms with Crippen LogP contribution in [-0.2, 0) is 4.74 Å². The van der Waals surface area contributed by atoms with Crippen LogP contribution >= 0.6 is 0 Å². The van der Waals surface area contributed by atoms with E-state index in [0.29, 0.717) is 18.1 Å². The maximum Gasteiger partial charge on any atom is 0.213 e. The number of hydrogen-bond acceptors (Lipinski definition) is 5. The SMILES string of the molecule is N/C(=N\O)c1ccnc(OCC2CCCCO2)c1. The monoisotopic (exact) mass is 251 g/mol. The molecule has 98 valence electrons. The average Bonchev–Trinajstić information content (AvgIpc) is 2.45. The lowest BCUT2D eigenvalue weighted by molar-refractivity contribution is -0.0119. The number of aromatic nitrogens is 1. The number of nitrogens with zero attached hydrogens (tertiary/aromatic N) is 2. The van der Waals surface area contributed by atoms with Crippen molar-refractivity contribution in [2.45, 2.75) is 25.4 Å². The zero-order valence-corrected chi connectivity index (χ0v) is 10.1. The highest BCUT2D eigenvalue weighted by molar-refractivity contribution is 5.97. The van der Waals surface area contributed by atoms with Gasteiger partial charge in [-0.25, -0.2) is 4.98 Å². The third-order valence-corrected chi connectivity index (χ3v) is 2.83. The second-order valence-corrected chi connectivity index (χ2v) is 4.17. The first kappa shape index (κ1) is 12.6. The van der Waals surface area contributed by atoms with Crippen LogP contribution in [0.5, 0.6) is 5.88 Å². The molecule has 1 unspecified atom stereocenters. The molecular weight excluding hydrogens is 234 g/mol. The van der Waals surface area contributed by atoms with E-state index >= 15 is 0 Å². The molecule has 0 bridgehead atoms. The summed E-state index contributed by atoms with van der Waals surface area (Å²) < 4.78 is 11.1. The Morgan fingerprint density at radius 3 is 3.22 bits per heavy atom. The minimum Gasteiger partial charge on any atom is -0.475 e. The van der Waals surface area contributed by atoms with E-state index in [9.17, 15) is 0 Å². The third-order valence-electron chi connectivity index (χ3n) is 2.83. The molecule has 2 heterocycles. The van der Waals surface area contributed by atoms with Crippen LogP contribution in [-0.4, -0.2) is 35.3 Å². The van der Waals surface area contributed by atoms with Crippen LogP contribution in [0.4, 0.5) is 0 Å². The Morgan fingerprint density at radius 2 is 2.50 bits per heavy atom. The number of rotatable bonds is 4. The minimum atomic E-state index is 0.0381. The summed E-state index contributed by atoms with van der Waals surface area (Å²) in [6.07, 6.45) is 5.00. The van der Waals surface area contributed by atoms with E-state index in [1.807, 2.05) is 0 Å². The lowest BCUT2D eigenvalue weighted by Gasteiger charge is -2.22. The predicted octanol–water partition coefficient (Wildman–Crippen LogP) is 1.12. The summed E-state index contributed by atoms with van der Waals surface area (Å²) in [6.45, 7) is 1.28. The highest BCUT2D eigenvalue weighted by atomic mass is 16.5. The summed E-state index contributed by atoms with van der Waals surface area (Å²) in [5.41, 5.74) is 6.07. The normalized spacial score (nSPS) is 20.7. The number of ether oxygens (including phenoxy) is 2. The standard InChI is InChI=1S/C12H17N3O3/c13-12(15-16)9-4-5-14-11(7-9)18-8-10-3-1-2-6-17-10/h4-5,7,10,16H,1-3,6,8H2,(H2,13,15). The van der Waals surface area contributed by atoms with Gasteiger partial charge in [-0.2, -0.15) is 0 Å². The van der Waals surface area contributed by atoms with Crippen molar-refractivity contribution in [2.24, 2.45) is 10.9 Å². The molecule has 0 aromatic carbocycles. The Morgan fingerprint density at radius 1 is 1.61 bits per heavy atom. The summed E-state index contributed by atoms with van der Waals surface area (Å²) in [5, 5.41) is 11.5. The van der Waals surface area contributed by atoms with Crippen LogP contribution in [0.3, 0.4) is 0 Å². The van der Waals surface area contributed by atoms with Gasteiger partial charge in [-0.15, -0.1) is 0 Å². The Kier molecular flexibility index (Phi) is 4.35. The van der Waals surface area contributed by atoms with Gasteiger partial charge in [0.05, 0.1) is 6.10 Å². The number of oxime groups is 1. The van der Waals surface area contributed by atoms with Crippen molar-refractivity contribution in [2.75, 3.05) is 13.2 Å². The number of hydrogen-bond donors (Lipinski definition) is 2. The summed E-state index contributed by atoms with van der Waals surface area (Å²) in [5.74, 6) is 0.490. The molecule has 6 nitrogen and oxygen atoms in total. The van der Waals surface area contributed by atoms with Gasteiger partial charge in [0, 0.05) is 24.4 Å². The molecule has 1 atom stereocenters. The Hall–Kier alpha value is -1.82. The highest BCUT2D eigenvalue weighted by Gasteiger charge is 2.14. The van der Waals surface area contributed by atoms with Crippen LogP contribution in [0.2, 0.25) is 0 Å². The average molecular weight is 251 g/mol. The molecule has 1 aliphatic heterocycles. The summed E-state index contributed by atoms with van der Waals surface area (Å²) in [6, 6.07) is 3.29. The van der Waals surface area contributed by atoms with Gasteiger partial charge in [-0.3, -0.25) is 0 Å². The third kappa shape index (κ3) is 3.33. The number of pyridine rings is 1. The lowest BCUT2D eigenvalue weighted by Crippen LogP contribution is -2.26.